The molecule has 0 atom stereocenters. The topological polar surface area (TPSA) is 51.8 Å². The van der Waals surface area contributed by atoms with Gasteiger partial charge in [-0.1, -0.05) is 115 Å². The first-order valence-corrected chi connectivity index (χ1v) is 16.1. The molecule has 5 heteroatoms. The quantitative estimate of drug-likeness (QED) is 0.200. The van der Waals surface area contributed by atoms with Gasteiger partial charge in [0.25, 0.3) is 0 Å². The second-order valence-corrected chi connectivity index (χ2v) is 12.6. The van der Waals surface area contributed by atoms with Gasteiger partial charge in [0.1, 0.15) is 11.2 Å². The Hall–Kier alpha value is -5.78. The predicted octanol–water partition coefficient (Wildman–Crippen LogP) is 11.2. The number of nitrogens with zero attached hydrogens (tertiary/aromatic N) is 3. The lowest BCUT2D eigenvalue weighted by Gasteiger charge is -2.18. The molecule has 0 saturated carbocycles. The molecule has 0 fully saturated rings. The van der Waals surface area contributed by atoms with E-state index < -0.39 is 0 Å². The molecule has 4 nitrogen and oxygen atoms in total. The van der Waals surface area contributed by atoms with E-state index in [1.54, 1.807) is 0 Å². The first kappa shape index (κ1) is 25.5. The molecule has 0 amide bonds. The molecule has 1 aliphatic heterocycles. The molecule has 0 saturated heterocycles. The summed E-state index contributed by atoms with van der Waals surface area (Å²) in [7, 11) is 0. The van der Waals surface area contributed by atoms with Crippen LogP contribution < -0.4 is 0 Å². The highest BCUT2D eigenvalue weighted by molar-refractivity contribution is 8.00. The molecule has 3 heterocycles. The Bertz CT molecular complexity index is 2610. The molecule has 0 spiro atoms. The SMILES string of the molecule is c1ccc(-c2nc(-c3ccccc3)nc(-c3ccc(-c4ccc5c6c4ccc4oc7cccc(c7c46)S5)c4ccccc34)n2)cc1. The summed E-state index contributed by atoms with van der Waals surface area (Å²) in [5.74, 6) is 1.96. The first-order valence-electron chi connectivity index (χ1n) is 15.3. The smallest absolute Gasteiger partial charge is 0.164 e. The van der Waals surface area contributed by atoms with Crippen LogP contribution in [-0.2, 0) is 0 Å². The third kappa shape index (κ3) is 3.79. The fourth-order valence-electron chi connectivity index (χ4n) is 6.87. The summed E-state index contributed by atoms with van der Waals surface area (Å²) in [6.45, 7) is 0. The Morgan fingerprint density at radius 2 is 0.935 bits per heavy atom. The van der Waals surface area contributed by atoms with Crippen molar-refractivity contribution < 1.29 is 4.42 Å². The van der Waals surface area contributed by atoms with Crippen LogP contribution in [0.5, 0.6) is 0 Å². The summed E-state index contributed by atoms with van der Waals surface area (Å²) >= 11 is 1.83. The van der Waals surface area contributed by atoms with Crippen molar-refractivity contribution in [1.29, 1.82) is 0 Å². The Morgan fingerprint density at radius 1 is 0.370 bits per heavy atom. The molecular formula is C41H23N3OS. The van der Waals surface area contributed by atoms with Gasteiger partial charge in [-0.3, -0.25) is 0 Å². The van der Waals surface area contributed by atoms with Gasteiger partial charge in [0.15, 0.2) is 17.5 Å². The highest BCUT2D eigenvalue weighted by Gasteiger charge is 2.24. The van der Waals surface area contributed by atoms with Crippen LogP contribution in [0, 0.1) is 0 Å². The number of rotatable bonds is 4. The van der Waals surface area contributed by atoms with Crippen molar-refractivity contribution in [2.45, 2.75) is 9.79 Å². The van der Waals surface area contributed by atoms with Crippen LogP contribution in [0.2, 0.25) is 0 Å². The maximum atomic E-state index is 6.31. The van der Waals surface area contributed by atoms with E-state index in [0.29, 0.717) is 17.5 Å². The number of benzene rings is 7. The van der Waals surface area contributed by atoms with Crippen LogP contribution in [-0.4, -0.2) is 15.0 Å². The molecule has 10 rings (SSSR count). The first-order chi connectivity index (χ1) is 22.8. The van der Waals surface area contributed by atoms with E-state index in [2.05, 4.69) is 78.9 Å². The highest BCUT2D eigenvalue weighted by atomic mass is 32.2. The van der Waals surface area contributed by atoms with Crippen molar-refractivity contribution in [3.63, 3.8) is 0 Å². The standard InChI is InChI=1S/C41H23N3OS/c1-3-10-24(11-4-1)39-42-40(25-12-5-2-6-13-25)44-41(43-39)31-19-18-28(26-14-7-8-15-27(26)31)29-21-23-35-36-30(29)20-22-33-38(36)37-32(45-33)16-9-17-34(37)46-35/h1-23H. The fraction of sp³-hybridized carbons (Fsp3) is 0. The average Bonchev–Trinajstić information content (AvgIpc) is 3.52. The van der Waals surface area contributed by atoms with Crippen LogP contribution >= 0.6 is 11.8 Å². The zero-order chi connectivity index (χ0) is 30.2. The van der Waals surface area contributed by atoms with Crippen molar-refractivity contribution in [1.82, 2.24) is 15.0 Å². The van der Waals surface area contributed by atoms with Crippen molar-refractivity contribution in [2.75, 3.05) is 0 Å². The van der Waals surface area contributed by atoms with Gasteiger partial charge in [0.05, 0.1) is 0 Å². The van der Waals surface area contributed by atoms with Crippen LogP contribution in [0.25, 0.3) is 88.8 Å². The second kappa shape index (κ2) is 9.86. The lowest BCUT2D eigenvalue weighted by atomic mass is 9.90. The summed E-state index contributed by atoms with van der Waals surface area (Å²) in [5.41, 5.74) is 7.14. The van der Waals surface area contributed by atoms with Gasteiger partial charge < -0.3 is 4.42 Å². The van der Waals surface area contributed by atoms with Crippen molar-refractivity contribution in [3.8, 4) is 45.3 Å². The third-order valence-electron chi connectivity index (χ3n) is 8.94. The van der Waals surface area contributed by atoms with Crippen LogP contribution in [0.4, 0.5) is 0 Å². The van der Waals surface area contributed by atoms with Crippen LogP contribution in [0.1, 0.15) is 0 Å². The van der Waals surface area contributed by atoms with E-state index in [9.17, 15) is 0 Å². The van der Waals surface area contributed by atoms with E-state index in [0.717, 1.165) is 38.6 Å². The van der Waals surface area contributed by atoms with E-state index in [-0.39, 0.29) is 0 Å². The van der Waals surface area contributed by atoms with E-state index in [4.69, 9.17) is 19.4 Å². The number of hydrogen-bond acceptors (Lipinski definition) is 5. The molecular weight excluding hydrogens is 583 g/mol. The minimum atomic E-state index is 0.653. The van der Waals surface area contributed by atoms with Crippen LogP contribution in [0.3, 0.4) is 0 Å². The van der Waals surface area contributed by atoms with Gasteiger partial charge >= 0.3 is 0 Å². The zero-order valence-corrected chi connectivity index (χ0v) is 25.3. The van der Waals surface area contributed by atoms with Gasteiger partial charge in [-0.25, -0.2) is 15.0 Å². The highest BCUT2D eigenvalue weighted by Crippen LogP contribution is 2.51. The maximum Gasteiger partial charge on any atom is 0.164 e. The van der Waals surface area contributed by atoms with Crippen molar-refractivity contribution in [2.24, 2.45) is 0 Å². The predicted molar refractivity (Wildman–Crippen MR) is 188 cm³/mol. The van der Waals surface area contributed by atoms with E-state index >= 15 is 0 Å². The lowest BCUT2D eigenvalue weighted by Crippen LogP contribution is -2.00. The second-order valence-electron chi connectivity index (χ2n) is 11.6. The zero-order valence-electron chi connectivity index (χ0n) is 24.4. The molecule has 0 aliphatic carbocycles. The maximum absolute atomic E-state index is 6.31. The number of furan rings is 1. The Labute approximate surface area is 268 Å². The number of fused-ring (bicyclic) bond motifs is 1. The molecule has 9 aromatic rings. The largest absolute Gasteiger partial charge is 0.456 e. The van der Waals surface area contributed by atoms with Gasteiger partial charge in [0, 0.05) is 42.6 Å². The fourth-order valence-corrected chi connectivity index (χ4v) is 8.01. The minimum absolute atomic E-state index is 0.653. The van der Waals surface area contributed by atoms with Gasteiger partial charge in [-0.2, -0.15) is 0 Å². The summed E-state index contributed by atoms with van der Waals surface area (Å²) in [6, 6.07) is 48.4. The number of aromatic nitrogens is 3. The Kier molecular flexibility index (Phi) is 5.47. The molecule has 0 N–H and O–H groups in total. The van der Waals surface area contributed by atoms with Gasteiger partial charge in [0.2, 0.25) is 0 Å². The molecule has 0 unspecified atom stereocenters. The van der Waals surface area contributed by atoms with Crippen molar-refractivity contribution >= 4 is 55.2 Å². The Balaban J connectivity index is 1.21. The molecule has 0 radical (unpaired) electrons. The van der Waals surface area contributed by atoms with Crippen molar-refractivity contribution in [3.05, 3.63) is 140 Å². The molecule has 46 heavy (non-hydrogen) atoms. The van der Waals surface area contributed by atoms with Gasteiger partial charge in [-0.15, -0.1) is 0 Å². The number of hydrogen-bond donors (Lipinski definition) is 0. The molecule has 1 aliphatic rings. The summed E-state index contributed by atoms with van der Waals surface area (Å²) < 4.78 is 6.31. The lowest BCUT2D eigenvalue weighted by molar-refractivity contribution is 0.669. The van der Waals surface area contributed by atoms with E-state index in [1.807, 2.05) is 72.4 Å². The monoisotopic (exact) mass is 605 g/mol. The molecule has 0 bridgehead atoms. The molecule has 7 aromatic carbocycles. The van der Waals surface area contributed by atoms with Gasteiger partial charge in [-0.05, 0) is 63.7 Å². The molecule has 214 valence electrons. The average molecular weight is 606 g/mol. The normalized spacial score (nSPS) is 12.3. The van der Waals surface area contributed by atoms with E-state index in [1.165, 1.54) is 42.5 Å². The van der Waals surface area contributed by atoms with Crippen LogP contribution in [0.15, 0.2) is 154 Å². The Morgan fingerprint density at radius 3 is 1.67 bits per heavy atom. The third-order valence-corrected chi connectivity index (χ3v) is 10.1. The summed E-state index contributed by atoms with van der Waals surface area (Å²) in [4.78, 5) is 17.5. The molecule has 2 aromatic heterocycles. The summed E-state index contributed by atoms with van der Waals surface area (Å²) in [5, 5.41) is 7.18. The minimum Gasteiger partial charge on any atom is -0.456 e. The summed E-state index contributed by atoms with van der Waals surface area (Å²) in [6.07, 6.45) is 0.